The highest BCUT2D eigenvalue weighted by atomic mass is 16.5. The highest BCUT2D eigenvalue weighted by Crippen LogP contribution is 2.18. The lowest BCUT2D eigenvalue weighted by Crippen LogP contribution is -2.05. The molecule has 22 heavy (non-hydrogen) atoms. The number of para-hydroxylation sites is 1. The highest BCUT2D eigenvalue weighted by molar-refractivity contribution is 5.88. The molecule has 120 valence electrons. The summed E-state index contributed by atoms with van der Waals surface area (Å²) in [6.45, 7) is 6.03. The number of aromatic nitrogens is 2. The van der Waals surface area contributed by atoms with Crippen LogP contribution in [-0.2, 0) is 4.74 Å². The summed E-state index contributed by atoms with van der Waals surface area (Å²) in [5.74, 6) is 0.941. The molecule has 0 aliphatic rings. The van der Waals surface area contributed by atoms with Gasteiger partial charge < -0.3 is 10.1 Å². The first-order valence-electron chi connectivity index (χ1n) is 8.32. The molecule has 0 radical (unpaired) electrons. The second kappa shape index (κ2) is 9.36. The predicted molar refractivity (Wildman–Crippen MR) is 92.2 cm³/mol. The first-order chi connectivity index (χ1) is 10.8. The molecule has 4 heteroatoms. The fraction of sp³-hybridized carbons (Fsp3) is 0.556. The summed E-state index contributed by atoms with van der Waals surface area (Å²) < 4.78 is 5.54. The molecule has 0 saturated heterocycles. The van der Waals surface area contributed by atoms with E-state index in [1.165, 1.54) is 32.1 Å². The van der Waals surface area contributed by atoms with Crippen LogP contribution in [0.2, 0.25) is 0 Å². The zero-order valence-electron chi connectivity index (χ0n) is 13.7. The van der Waals surface area contributed by atoms with E-state index in [4.69, 9.17) is 4.74 Å². The van der Waals surface area contributed by atoms with Crippen LogP contribution in [0.5, 0.6) is 0 Å². The number of benzene rings is 1. The van der Waals surface area contributed by atoms with Crippen LogP contribution in [0.4, 0.5) is 5.82 Å². The molecule has 1 aromatic heterocycles. The number of ether oxygens (including phenoxy) is 1. The van der Waals surface area contributed by atoms with Crippen molar-refractivity contribution < 1.29 is 4.74 Å². The Bertz CT molecular complexity index is 552. The summed E-state index contributed by atoms with van der Waals surface area (Å²) in [4.78, 5) is 8.62. The van der Waals surface area contributed by atoms with Gasteiger partial charge in [0.2, 0.25) is 0 Å². The van der Waals surface area contributed by atoms with Gasteiger partial charge in [-0.1, -0.05) is 31.4 Å². The number of hydrogen-bond acceptors (Lipinski definition) is 4. The second-order valence-corrected chi connectivity index (χ2v) is 5.85. The largest absolute Gasteiger partial charge is 0.379 e. The van der Waals surface area contributed by atoms with Gasteiger partial charge in [0.1, 0.15) is 12.1 Å². The molecule has 0 atom stereocenters. The van der Waals surface area contributed by atoms with Crippen LogP contribution >= 0.6 is 0 Å². The van der Waals surface area contributed by atoms with Crippen LogP contribution in [-0.4, -0.2) is 29.2 Å². The number of rotatable bonds is 10. The summed E-state index contributed by atoms with van der Waals surface area (Å²) >= 11 is 0. The van der Waals surface area contributed by atoms with Gasteiger partial charge in [-0.25, -0.2) is 9.97 Å². The molecule has 0 bridgehead atoms. The summed E-state index contributed by atoms with van der Waals surface area (Å²) in [6.07, 6.45) is 8.09. The molecular weight excluding hydrogens is 274 g/mol. The normalized spacial score (nSPS) is 11.2. The van der Waals surface area contributed by atoms with Crippen LogP contribution in [0, 0.1) is 0 Å². The van der Waals surface area contributed by atoms with Crippen molar-refractivity contribution in [2.24, 2.45) is 0 Å². The van der Waals surface area contributed by atoms with E-state index < -0.39 is 0 Å². The topological polar surface area (TPSA) is 47.0 Å². The Morgan fingerprint density at radius 3 is 2.64 bits per heavy atom. The number of nitrogens with one attached hydrogen (secondary N) is 1. The van der Waals surface area contributed by atoms with E-state index in [-0.39, 0.29) is 0 Å². The number of unbranched alkanes of at least 4 members (excludes halogenated alkanes) is 4. The molecule has 1 N–H and O–H groups in total. The number of anilines is 1. The minimum Gasteiger partial charge on any atom is -0.379 e. The van der Waals surface area contributed by atoms with Crippen LogP contribution < -0.4 is 5.32 Å². The van der Waals surface area contributed by atoms with Gasteiger partial charge in [0.05, 0.1) is 11.6 Å². The Balaban J connectivity index is 1.60. The summed E-state index contributed by atoms with van der Waals surface area (Å²) in [5, 5.41) is 4.52. The molecular formula is C18H27N3O. The lowest BCUT2D eigenvalue weighted by atomic mass is 10.1. The Kier molecular flexibility index (Phi) is 7.10. The van der Waals surface area contributed by atoms with E-state index in [0.717, 1.165) is 29.9 Å². The van der Waals surface area contributed by atoms with Crippen LogP contribution in [0.1, 0.15) is 46.0 Å². The molecule has 1 aromatic carbocycles. The van der Waals surface area contributed by atoms with E-state index in [2.05, 4.69) is 35.2 Å². The van der Waals surface area contributed by atoms with Crippen LogP contribution in [0.25, 0.3) is 10.9 Å². The van der Waals surface area contributed by atoms with Gasteiger partial charge in [-0.2, -0.15) is 0 Å². The molecule has 2 rings (SSSR count). The monoisotopic (exact) mass is 301 g/mol. The highest BCUT2D eigenvalue weighted by Gasteiger charge is 2.01. The molecule has 0 saturated carbocycles. The second-order valence-electron chi connectivity index (χ2n) is 5.85. The Morgan fingerprint density at radius 2 is 1.77 bits per heavy atom. The maximum atomic E-state index is 5.54. The van der Waals surface area contributed by atoms with E-state index in [9.17, 15) is 0 Å². The van der Waals surface area contributed by atoms with Crippen LogP contribution in [0.15, 0.2) is 30.6 Å². The summed E-state index contributed by atoms with van der Waals surface area (Å²) in [5.41, 5.74) is 0.991. The first kappa shape index (κ1) is 16.7. The lowest BCUT2D eigenvalue weighted by Gasteiger charge is -2.08. The maximum absolute atomic E-state index is 5.54. The zero-order chi connectivity index (χ0) is 15.6. The summed E-state index contributed by atoms with van der Waals surface area (Å²) in [7, 11) is 0. The molecule has 0 spiro atoms. The molecule has 0 fully saturated rings. The molecule has 0 unspecified atom stereocenters. The van der Waals surface area contributed by atoms with Crippen molar-refractivity contribution in [2.75, 3.05) is 18.5 Å². The van der Waals surface area contributed by atoms with E-state index in [0.29, 0.717) is 6.10 Å². The van der Waals surface area contributed by atoms with Crippen molar-refractivity contribution in [1.29, 1.82) is 0 Å². The van der Waals surface area contributed by atoms with Gasteiger partial charge in [-0.15, -0.1) is 0 Å². The van der Waals surface area contributed by atoms with Gasteiger partial charge >= 0.3 is 0 Å². The van der Waals surface area contributed by atoms with Crippen molar-refractivity contribution in [2.45, 2.75) is 52.1 Å². The smallest absolute Gasteiger partial charge is 0.137 e. The van der Waals surface area contributed by atoms with Crippen molar-refractivity contribution in [3.8, 4) is 0 Å². The number of fused-ring (bicyclic) bond motifs is 1. The predicted octanol–water partition coefficient (Wildman–Crippen LogP) is 4.42. The van der Waals surface area contributed by atoms with E-state index in [1.54, 1.807) is 6.33 Å². The van der Waals surface area contributed by atoms with Crippen molar-refractivity contribution >= 4 is 16.7 Å². The third-order valence-electron chi connectivity index (χ3n) is 3.61. The van der Waals surface area contributed by atoms with E-state index >= 15 is 0 Å². The SMILES string of the molecule is CC(C)OCCCCCCCNc1ncnc2ccccc12. The number of hydrogen-bond donors (Lipinski definition) is 1. The fourth-order valence-electron chi connectivity index (χ4n) is 2.43. The maximum Gasteiger partial charge on any atom is 0.137 e. The molecule has 2 aromatic rings. The Morgan fingerprint density at radius 1 is 1.00 bits per heavy atom. The quantitative estimate of drug-likeness (QED) is 0.660. The average molecular weight is 301 g/mol. The molecule has 1 heterocycles. The number of nitrogens with zero attached hydrogens (tertiary/aromatic N) is 2. The molecule has 4 nitrogen and oxygen atoms in total. The minimum atomic E-state index is 0.354. The van der Waals surface area contributed by atoms with Crippen LogP contribution in [0.3, 0.4) is 0 Å². The van der Waals surface area contributed by atoms with Crippen molar-refractivity contribution in [3.63, 3.8) is 0 Å². The van der Waals surface area contributed by atoms with Gasteiger partial charge in [0.25, 0.3) is 0 Å². The van der Waals surface area contributed by atoms with Gasteiger partial charge in [0, 0.05) is 18.5 Å². The lowest BCUT2D eigenvalue weighted by molar-refractivity contribution is 0.0757. The summed E-state index contributed by atoms with van der Waals surface area (Å²) in [6, 6.07) is 8.10. The first-order valence-corrected chi connectivity index (χ1v) is 8.32. The van der Waals surface area contributed by atoms with Gasteiger partial charge in [-0.3, -0.25) is 0 Å². The Labute approximate surface area is 133 Å². The molecule has 0 aliphatic carbocycles. The molecule has 0 amide bonds. The van der Waals surface area contributed by atoms with Crippen molar-refractivity contribution in [3.05, 3.63) is 30.6 Å². The third kappa shape index (κ3) is 5.60. The standard InChI is InChI=1S/C18H27N3O/c1-15(2)22-13-9-5-3-4-8-12-19-18-16-10-6-7-11-17(16)20-14-21-18/h6-7,10-11,14-15H,3-5,8-9,12-13H2,1-2H3,(H,19,20,21). The Hall–Kier alpha value is -1.68. The minimum absolute atomic E-state index is 0.354. The third-order valence-corrected chi connectivity index (χ3v) is 3.61. The van der Waals surface area contributed by atoms with Crippen molar-refractivity contribution in [1.82, 2.24) is 9.97 Å². The van der Waals surface area contributed by atoms with E-state index in [1.807, 2.05) is 18.2 Å². The average Bonchev–Trinajstić information content (AvgIpc) is 2.53. The zero-order valence-corrected chi connectivity index (χ0v) is 13.7. The van der Waals surface area contributed by atoms with Gasteiger partial charge in [-0.05, 0) is 38.8 Å². The molecule has 0 aliphatic heterocycles. The van der Waals surface area contributed by atoms with Gasteiger partial charge in [0.15, 0.2) is 0 Å². The fourth-order valence-corrected chi connectivity index (χ4v) is 2.43.